The summed E-state index contributed by atoms with van der Waals surface area (Å²) < 4.78 is 5.59. The second kappa shape index (κ2) is 9.07. The SMILES string of the molecule is CC(=O)NC[C@H](C)C[C@@H]1C(=O)C(C)=C2[C@]1(O)C[C@H]1[C@H]3CC=C4C[C@@H](OC(C)=O)CC[C@]4(C)[C@@H]3CC[C@]21C. The van der Waals surface area contributed by atoms with E-state index in [2.05, 4.69) is 32.2 Å². The number of rotatable bonds is 5. The molecule has 6 heteroatoms. The van der Waals surface area contributed by atoms with Gasteiger partial charge in [0.05, 0.1) is 11.5 Å². The molecule has 204 valence electrons. The molecule has 6 nitrogen and oxygen atoms in total. The van der Waals surface area contributed by atoms with Crippen molar-refractivity contribution in [3.8, 4) is 0 Å². The molecule has 0 saturated heterocycles. The van der Waals surface area contributed by atoms with Crippen LogP contribution >= 0.6 is 0 Å². The van der Waals surface area contributed by atoms with Crippen LogP contribution in [0.3, 0.4) is 0 Å². The van der Waals surface area contributed by atoms with Crippen molar-refractivity contribution in [1.82, 2.24) is 5.32 Å². The molecule has 0 aliphatic heterocycles. The first-order valence-electron chi connectivity index (χ1n) is 14.4. The lowest BCUT2D eigenvalue weighted by atomic mass is 9.47. The van der Waals surface area contributed by atoms with Gasteiger partial charge in [-0.05, 0) is 97.5 Å². The van der Waals surface area contributed by atoms with Crippen LogP contribution in [-0.2, 0) is 19.1 Å². The van der Waals surface area contributed by atoms with Crippen LogP contribution in [-0.4, -0.2) is 41.0 Å². The molecule has 2 N–H and O–H groups in total. The fourth-order valence-corrected chi connectivity index (χ4v) is 9.68. The molecule has 37 heavy (non-hydrogen) atoms. The highest BCUT2D eigenvalue weighted by molar-refractivity contribution is 6.02. The van der Waals surface area contributed by atoms with Crippen molar-refractivity contribution in [3.63, 3.8) is 0 Å². The largest absolute Gasteiger partial charge is 0.462 e. The third kappa shape index (κ3) is 4.04. The Balaban J connectivity index is 1.42. The van der Waals surface area contributed by atoms with Crippen molar-refractivity contribution < 1.29 is 24.2 Å². The Kier molecular flexibility index (Phi) is 6.53. The van der Waals surface area contributed by atoms with Crippen LogP contribution in [0.4, 0.5) is 0 Å². The molecule has 0 spiro atoms. The van der Waals surface area contributed by atoms with Gasteiger partial charge < -0.3 is 15.2 Å². The minimum Gasteiger partial charge on any atom is -0.462 e. The Bertz CT molecular complexity index is 1080. The van der Waals surface area contributed by atoms with E-state index in [1.807, 2.05) is 6.92 Å². The summed E-state index contributed by atoms with van der Waals surface area (Å²) in [5.41, 5.74) is 2.18. The summed E-state index contributed by atoms with van der Waals surface area (Å²) >= 11 is 0. The van der Waals surface area contributed by atoms with Crippen LogP contribution in [0.25, 0.3) is 0 Å². The van der Waals surface area contributed by atoms with Crippen LogP contribution in [0.2, 0.25) is 0 Å². The van der Waals surface area contributed by atoms with Gasteiger partial charge in [-0.15, -0.1) is 0 Å². The van der Waals surface area contributed by atoms with E-state index >= 15 is 0 Å². The Morgan fingerprint density at radius 1 is 1.16 bits per heavy atom. The first-order valence-corrected chi connectivity index (χ1v) is 14.4. The Labute approximate surface area is 221 Å². The fourth-order valence-electron chi connectivity index (χ4n) is 9.68. The van der Waals surface area contributed by atoms with Gasteiger partial charge in [-0.1, -0.05) is 32.4 Å². The Morgan fingerprint density at radius 2 is 1.86 bits per heavy atom. The molecule has 3 fully saturated rings. The van der Waals surface area contributed by atoms with Crippen LogP contribution in [0, 0.1) is 40.4 Å². The van der Waals surface area contributed by atoms with E-state index in [4.69, 9.17) is 4.74 Å². The lowest BCUT2D eigenvalue weighted by Crippen LogP contribution is -2.49. The molecule has 0 aromatic carbocycles. The normalized spacial score (nSPS) is 43.3. The average Bonchev–Trinajstić information content (AvgIpc) is 3.17. The number of amides is 1. The van der Waals surface area contributed by atoms with Gasteiger partial charge in [0.25, 0.3) is 0 Å². The Morgan fingerprint density at radius 3 is 2.54 bits per heavy atom. The maximum absolute atomic E-state index is 13.5. The molecule has 0 bridgehead atoms. The summed E-state index contributed by atoms with van der Waals surface area (Å²) in [5.74, 6) is 0.935. The van der Waals surface area contributed by atoms with Gasteiger partial charge in [0, 0.05) is 26.8 Å². The van der Waals surface area contributed by atoms with Crippen molar-refractivity contribution >= 4 is 17.7 Å². The van der Waals surface area contributed by atoms with Crippen molar-refractivity contribution in [2.24, 2.45) is 40.4 Å². The third-order valence-corrected chi connectivity index (χ3v) is 11.3. The van der Waals surface area contributed by atoms with Gasteiger partial charge >= 0.3 is 5.97 Å². The fraction of sp³-hybridized carbons (Fsp3) is 0.774. The predicted octanol–water partition coefficient (Wildman–Crippen LogP) is 4.90. The third-order valence-electron chi connectivity index (χ3n) is 11.3. The monoisotopic (exact) mass is 511 g/mol. The van der Waals surface area contributed by atoms with Crippen LogP contribution in [0.15, 0.2) is 22.8 Å². The number of hydrogen-bond acceptors (Lipinski definition) is 5. The number of Topliss-reactive ketones (excluding diaryl/α,β-unsaturated/α-hetero) is 1. The van der Waals surface area contributed by atoms with Crippen molar-refractivity contribution in [1.29, 1.82) is 0 Å². The lowest BCUT2D eigenvalue weighted by molar-refractivity contribution is -0.148. The van der Waals surface area contributed by atoms with Gasteiger partial charge in [0.2, 0.25) is 5.91 Å². The Hall–Kier alpha value is -1.95. The topological polar surface area (TPSA) is 92.7 Å². The highest BCUT2D eigenvalue weighted by atomic mass is 16.5. The minimum absolute atomic E-state index is 0.00663. The highest BCUT2D eigenvalue weighted by Gasteiger charge is 2.68. The second-order valence-corrected chi connectivity index (χ2v) is 13.5. The number of fused-ring (bicyclic) bond motifs is 7. The van der Waals surface area contributed by atoms with Crippen LogP contribution in [0.5, 0.6) is 0 Å². The number of ketones is 1. The van der Waals surface area contributed by atoms with Gasteiger partial charge in [0.15, 0.2) is 5.78 Å². The average molecular weight is 512 g/mol. The van der Waals surface area contributed by atoms with E-state index in [1.165, 1.54) is 19.4 Å². The molecule has 5 rings (SSSR count). The molecule has 1 amide bonds. The quantitative estimate of drug-likeness (QED) is 0.405. The first kappa shape index (κ1) is 26.6. The standard InChI is InChI=1S/C31H45NO5/c1-17(16-32-19(3)33)13-25-27(35)18(2)28-30(6)12-10-24-23(26(30)15-31(25,28)36)8-7-21-14-22(37-20(4)34)9-11-29(21,24)5/h7,17,22-26,36H,8-16H2,1-6H3,(H,32,33)/t17-,22+,23+,24-,25-,26+,29+,30+,31+/m1/s1. The number of carbonyl (C=O) groups excluding carboxylic acids is 3. The number of nitrogens with one attached hydrogen (secondary N) is 1. The molecular weight excluding hydrogens is 466 g/mol. The van der Waals surface area contributed by atoms with Crippen molar-refractivity contribution in [3.05, 3.63) is 22.8 Å². The number of allylic oxidation sites excluding steroid dienone is 2. The molecule has 0 radical (unpaired) electrons. The van der Waals surface area contributed by atoms with Gasteiger partial charge in [-0.25, -0.2) is 0 Å². The molecule has 5 aliphatic carbocycles. The smallest absolute Gasteiger partial charge is 0.302 e. The zero-order chi connectivity index (χ0) is 26.9. The number of carbonyl (C=O) groups is 3. The van der Waals surface area contributed by atoms with E-state index in [-0.39, 0.29) is 40.5 Å². The molecule has 0 aromatic heterocycles. The summed E-state index contributed by atoms with van der Waals surface area (Å²) in [6.07, 6.45) is 9.58. The summed E-state index contributed by atoms with van der Waals surface area (Å²) in [6, 6.07) is 0. The molecular formula is C31H45NO5. The van der Waals surface area contributed by atoms with E-state index in [9.17, 15) is 19.5 Å². The molecule has 0 heterocycles. The van der Waals surface area contributed by atoms with E-state index in [0.29, 0.717) is 37.1 Å². The van der Waals surface area contributed by atoms with Gasteiger partial charge in [-0.2, -0.15) is 0 Å². The summed E-state index contributed by atoms with van der Waals surface area (Å²) in [5, 5.41) is 15.2. The molecule has 5 aliphatic rings. The van der Waals surface area contributed by atoms with E-state index in [1.54, 1.807) is 0 Å². The minimum atomic E-state index is -1.07. The maximum atomic E-state index is 13.5. The summed E-state index contributed by atoms with van der Waals surface area (Å²) in [6.45, 7) is 12.3. The van der Waals surface area contributed by atoms with Gasteiger partial charge in [0.1, 0.15) is 6.10 Å². The van der Waals surface area contributed by atoms with Crippen LogP contribution < -0.4 is 5.32 Å². The second-order valence-electron chi connectivity index (χ2n) is 13.5. The molecule has 0 unspecified atom stereocenters. The maximum Gasteiger partial charge on any atom is 0.302 e. The number of esters is 1. The number of aliphatic hydroxyl groups is 1. The highest BCUT2D eigenvalue weighted by Crippen LogP contribution is 2.71. The van der Waals surface area contributed by atoms with Crippen molar-refractivity contribution in [2.75, 3.05) is 6.54 Å². The predicted molar refractivity (Wildman–Crippen MR) is 141 cm³/mol. The summed E-state index contributed by atoms with van der Waals surface area (Å²) in [7, 11) is 0. The first-order chi connectivity index (χ1) is 17.3. The van der Waals surface area contributed by atoms with Gasteiger partial charge in [-0.3, -0.25) is 14.4 Å². The molecule has 3 saturated carbocycles. The molecule has 9 atom stereocenters. The number of ether oxygens (including phenoxy) is 1. The zero-order valence-electron chi connectivity index (χ0n) is 23.5. The lowest BCUT2D eigenvalue weighted by Gasteiger charge is -2.57. The summed E-state index contributed by atoms with van der Waals surface area (Å²) in [4.78, 5) is 36.5. The molecule has 0 aromatic rings. The number of hydrogen-bond donors (Lipinski definition) is 2. The van der Waals surface area contributed by atoms with Crippen molar-refractivity contribution in [2.45, 2.75) is 105 Å². The van der Waals surface area contributed by atoms with E-state index < -0.39 is 11.5 Å². The van der Waals surface area contributed by atoms with Crippen LogP contribution in [0.1, 0.15) is 92.9 Å². The zero-order valence-corrected chi connectivity index (χ0v) is 23.5. The van der Waals surface area contributed by atoms with E-state index in [0.717, 1.165) is 49.7 Å².